The highest BCUT2D eigenvalue weighted by Crippen LogP contribution is 2.29. The standard InChI is InChI=1S/C26H26N4OS/c1-17-10-12-21(13-11-17)25-28-29-26(30(25)22-8-6-5-7-9-22)32-16-23(31)27-24-19(3)14-18(2)15-20(24)4/h5-15H,16H2,1-4H3,(H,27,31). The van der Waals surface area contributed by atoms with Crippen molar-refractivity contribution in [2.24, 2.45) is 0 Å². The number of amides is 1. The molecule has 0 aliphatic rings. The number of carbonyl (C=O) groups is 1. The first-order chi connectivity index (χ1) is 15.4. The molecule has 6 heteroatoms. The SMILES string of the molecule is Cc1ccc(-c2nnc(SCC(=O)Nc3c(C)cc(C)cc3C)n2-c2ccccc2)cc1. The number of para-hydroxylation sites is 1. The largest absolute Gasteiger partial charge is 0.325 e. The first-order valence-electron chi connectivity index (χ1n) is 10.5. The van der Waals surface area contributed by atoms with Gasteiger partial charge in [0.1, 0.15) is 0 Å². The number of hydrogen-bond donors (Lipinski definition) is 1. The molecule has 0 aliphatic carbocycles. The molecule has 0 bridgehead atoms. The number of rotatable bonds is 6. The number of benzene rings is 3. The van der Waals surface area contributed by atoms with Crippen molar-refractivity contribution in [1.82, 2.24) is 14.8 Å². The van der Waals surface area contributed by atoms with E-state index in [1.54, 1.807) is 0 Å². The Morgan fingerprint density at radius 2 is 1.53 bits per heavy atom. The summed E-state index contributed by atoms with van der Waals surface area (Å²) in [5.41, 5.74) is 7.32. The van der Waals surface area contributed by atoms with Crippen LogP contribution in [0.5, 0.6) is 0 Å². The van der Waals surface area contributed by atoms with Crippen LogP contribution in [0.25, 0.3) is 17.1 Å². The number of nitrogens with zero attached hydrogens (tertiary/aromatic N) is 3. The molecule has 4 rings (SSSR count). The van der Waals surface area contributed by atoms with E-state index < -0.39 is 0 Å². The number of carbonyl (C=O) groups excluding carboxylic acids is 1. The van der Waals surface area contributed by atoms with Crippen molar-refractivity contribution >= 4 is 23.4 Å². The van der Waals surface area contributed by atoms with Gasteiger partial charge in [-0.25, -0.2) is 0 Å². The third-order valence-corrected chi connectivity index (χ3v) is 6.16. The van der Waals surface area contributed by atoms with Gasteiger partial charge in [-0.05, 0) is 51.0 Å². The quantitative estimate of drug-likeness (QED) is 0.378. The minimum atomic E-state index is -0.0652. The fourth-order valence-electron chi connectivity index (χ4n) is 3.75. The van der Waals surface area contributed by atoms with Crippen molar-refractivity contribution in [3.63, 3.8) is 0 Å². The van der Waals surface area contributed by atoms with Gasteiger partial charge in [0.05, 0.1) is 5.75 Å². The van der Waals surface area contributed by atoms with E-state index in [2.05, 4.69) is 53.6 Å². The lowest BCUT2D eigenvalue weighted by atomic mass is 10.1. The molecule has 0 radical (unpaired) electrons. The average molecular weight is 443 g/mol. The number of anilines is 1. The molecule has 162 valence electrons. The van der Waals surface area contributed by atoms with E-state index in [1.807, 2.05) is 60.9 Å². The molecule has 1 amide bonds. The van der Waals surface area contributed by atoms with Crippen LogP contribution in [0, 0.1) is 27.7 Å². The summed E-state index contributed by atoms with van der Waals surface area (Å²) in [5, 5.41) is 12.6. The highest BCUT2D eigenvalue weighted by molar-refractivity contribution is 7.99. The number of thioether (sulfide) groups is 1. The van der Waals surface area contributed by atoms with Crippen LogP contribution in [0.2, 0.25) is 0 Å². The van der Waals surface area contributed by atoms with Gasteiger partial charge in [0, 0.05) is 16.9 Å². The highest BCUT2D eigenvalue weighted by atomic mass is 32.2. The van der Waals surface area contributed by atoms with E-state index in [0.717, 1.165) is 33.9 Å². The second kappa shape index (κ2) is 9.40. The summed E-state index contributed by atoms with van der Waals surface area (Å²) in [6, 6.07) is 22.4. The molecule has 4 aromatic rings. The van der Waals surface area contributed by atoms with Gasteiger partial charge < -0.3 is 5.32 Å². The van der Waals surface area contributed by atoms with Crippen molar-refractivity contribution < 1.29 is 4.79 Å². The van der Waals surface area contributed by atoms with E-state index in [-0.39, 0.29) is 11.7 Å². The Hall–Kier alpha value is -3.38. The maximum Gasteiger partial charge on any atom is 0.234 e. The van der Waals surface area contributed by atoms with Crippen LogP contribution in [0.3, 0.4) is 0 Å². The van der Waals surface area contributed by atoms with Gasteiger partial charge in [-0.3, -0.25) is 9.36 Å². The minimum Gasteiger partial charge on any atom is -0.325 e. The van der Waals surface area contributed by atoms with Crippen molar-refractivity contribution in [1.29, 1.82) is 0 Å². The van der Waals surface area contributed by atoms with Crippen LogP contribution in [0.1, 0.15) is 22.3 Å². The van der Waals surface area contributed by atoms with Gasteiger partial charge in [-0.1, -0.05) is 77.5 Å². The predicted molar refractivity (Wildman–Crippen MR) is 132 cm³/mol. The summed E-state index contributed by atoms with van der Waals surface area (Å²) in [6.45, 7) is 8.15. The Bertz CT molecular complexity index is 1220. The Morgan fingerprint density at radius 3 is 2.19 bits per heavy atom. The molecule has 5 nitrogen and oxygen atoms in total. The minimum absolute atomic E-state index is 0.0652. The van der Waals surface area contributed by atoms with Gasteiger partial charge in [0.2, 0.25) is 5.91 Å². The molecule has 1 N–H and O–H groups in total. The topological polar surface area (TPSA) is 59.8 Å². The summed E-state index contributed by atoms with van der Waals surface area (Å²) in [4.78, 5) is 12.7. The van der Waals surface area contributed by atoms with Crippen molar-refractivity contribution in [3.05, 3.63) is 89.0 Å². The lowest BCUT2D eigenvalue weighted by Crippen LogP contribution is -2.16. The fourth-order valence-corrected chi connectivity index (χ4v) is 4.50. The molecule has 32 heavy (non-hydrogen) atoms. The van der Waals surface area contributed by atoms with Gasteiger partial charge in [0.15, 0.2) is 11.0 Å². The average Bonchev–Trinajstić information content (AvgIpc) is 3.20. The smallest absolute Gasteiger partial charge is 0.234 e. The summed E-state index contributed by atoms with van der Waals surface area (Å²) < 4.78 is 2.00. The summed E-state index contributed by atoms with van der Waals surface area (Å²) >= 11 is 1.38. The number of nitrogens with one attached hydrogen (secondary N) is 1. The van der Waals surface area contributed by atoms with E-state index in [4.69, 9.17) is 0 Å². The maximum absolute atomic E-state index is 12.7. The van der Waals surface area contributed by atoms with E-state index in [0.29, 0.717) is 5.16 Å². The monoisotopic (exact) mass is 442 g/mol. The summed E-state index contributed by atoms with van der Waals surface area (Å²) in [6.07, 6.45) is 0. The Kier molecular flexibility index (Phi) is 6.42. The van der Waals surface area contributed by atoms with Crippen molar-refractivity contribution in [2.75, 3.05) is 11.1 Å². The molecule has 1 aromatic heterocycles. The third-order valence-electron chi connectivity index (χ3n) is 5.23. The maximum atomic E-state index is 12.7. The van der Waals surface area contributed by atoms with E-state index >= 15 is 0 Å². The van der Waals surface area contributed by atoms with Gasteiger partial charge in [-0.2, -0.15) is 0 Å². The molecule has 0 spiro atoms. The Morgan fingerprint density at radius 1 is 0.875 bits per heavy atom. The Labute approximate surface area is 192 Å². The van der Waals surface area contributed by atoms with Crippen LogP contribution in [-0.4, -0.2) is 26.4 Å². The zero-order chi connectivity index (χ0) is 22.7. The number of hydrogen-bond acceptors (Lipinski definition) is 4. The zero-order valence-corrected chi connectivity index (χ0v) is 19.5. The van der Waals surface area contributed by atoms with Crippen LogP contribution in [-0.2, 0) is 4.79 Å². The Balaban J connectivity index is 1.59. The molecular formula is C26H26N4OS. The van der Waals surface area contributed by atoms with Crippen LogP contribution < -0.4 is 5.32 Å². The zero-order valence-electron chi connectivity index (χ0n) is 18.7. The van der Waals surface area contributed by atoms with Crippen LogP contribution >= 0.6 is 11.8 Å². The molecular weight excluding hydrogens is 416 g/mol. The van der Waals surface area contributed by atoms with Gasteiger partial charge in [0.25, 0.3) is 0 Å². The lowest BCUT2D eigenvalue weighted by molar-refractivity contribution is -0.113. The third kappa shape index (κ3) is 4.75. The van der Waals surface area contributed by atoms with Crippen LogP contribution in [0.4, 0.5) is 5.69 Å². The van der Waals surface area contributed by atoms with Crippen molar-refractivity contribution in [3.8, 4) is 17.1 Å². The van der Waals surface area contributed by atoms with E-state index in [9.17, 15) is 4.79 Å². The molecule has 0 aliphatic heterocycles. The van der Waals surface area contributed by atoms with Gasteiger partial charge >= 0.3 is 0 Å². The first kappa shape index (κ1) is 21.8. The molecule has 0 fully saturated rings. The summed E-state index contributed by atoms with van der Waals surface area (Å²) in [7, 11) is 0. The second-order valence-corrected chi connectivity index (χ2v) is 8.90. The molecule has 0 unspecified atom stereocenters. The number of aromatic nitrogens is 3. The second-order valence-electron chi connectivity index (χ2n) is 7.95. The molecule has 3 aromatic carbocycles. The number of aryl methyl sites for hydroxylation is 4. The molecule has 0 atom stereocenters. The van der Waals surface area contributed by atoms with E-state index in [1.165, 1.54) is 22.9 Å². The molecule has 1 heterocycles. The molecule has 0 saturated carbocycles. The predicted octanol–water partition coefficient (Wildman–Crippen LogP) is 5.90. The van der Waals surface area contributed by atoms with Crippen LogP contribution in [0.15, 0.2) is 71.9 Å². The van der Waals surface area contributed by atoms with Crippen molar-refractivity contribution in [2.45, 2.75) is 32.9 Å². The normalized spacial score (nSPS) is 10.9. The lowest BCUT2D eigenvalue weighted by Gasteiger charge is -2.13. The van der Waals surface area contributed by atoms with Gasteiger partial charge in [-0.15, -0.1) is 10.2 Å². The highest BCUT2D eigenvalue weighted by Gasteiger charge is 2.18. The molecule has 0 saturated heterocycles. The first-order valence-corrected chi connectivity index (χ1v) is 11.5. The fraction of sp³-hybridized carbons (Fsp3) is 0.192. The summed E-state index contributed by atoms with van der Waals surface area (Å²) in [5.74, 6) is 0.930.